The average Bonchev–Trinajstić information content (AvgIpc) is 2.58. The van der Waals surface area contributed by atoms with Crippen LogP contribution < -0.4 is 10.2 Å². The van der Waals surface area contributed by atoms with Crippen LogP contribution in [0.1, 0.15) is 32.6 Å². The van der Waals surface area contributed by atoms with Crippen LogP contribution in [0, 0.1) is 11.7 Å². The molecular formula is C19H28FN3O. The molecule has 1 N–H and O–H groups in total. The average molecular weight is 333 g/mol. The molecule has 24 heavy (non-hydrogen) atoms. The fourth-order valence-corrected chi connectivity index (χ4v) is 3.80. The van der Waals surface area contributed by atoms with Crippen LogP contribution in [-0.4, -0.2) is 49.6 Å². The molecule has 0 radical (unpaired) electrons. The van der Waals surface area contributed by atoms with Gasteiger partial charge in [0.15, 0.2) is 0 Å². The standard InChI is InChI=1S/C19H28FN3O/c1-15-4-2-3-5-18(15)21-19(24)14-22-10-12-23(13-11-22)17-8-6-16(20)7-9-17/h6-9,15,18H,2-5,10-14H2,1H3,(H,21,24)/t15-,18-/m1/s1. The highest BCUT2D eigenvalue weighted by Crippen LogP contribution is 2.23. The van der Waals surface area contributed by atoms with Gasteiger partial charge < -0.3 is 10.2 Å². The van der Waals surface area contributed by atoms with Crippen molar-refractivity contribution in [3.8, 4) is 0 Å². The van der Waals surface area contributed by atoms with Crippen LogP contribution >= 0.6 is 0 Å². The van der Waals surface area contributed by atoms with E-state index in [0.29, 0.717) is 18.5 Å². The van der Waals surface area contributed by atoms with E-state index in [-0.39, 0.29) is 11.7 Å². The largest absolute Gasteiger partial charge is 0.369 e. The molecule has 2 aliphatic rings. The number of benzene rings is 1. The normalized spacial score (nSPS) is 25.5. The first-order chi connectivity index (χ1) is 11.6. The van der Waals surface area contributed by atoms with Gasteiger partial charge in [0.25, 0.3) is 0 Å². The van der Waals surface area contributed by atoms with Crippen molar-refractivity contribution in [3.05, 3.63) is 30.1 Å². The summed E-state index contributed by atoms with van der Waals surface area (Å²) in [5.41, 5.74) is 1.05. The molecular weight excluding hydrogens is 305 g/mol. The molecule has 1 amide bonds. The molecule has 1 aliphatic carbocycles. The third kappa shape index (κ3) is 4.47. The fraction of sp³-hybridized carbons (Fsp3) is 0.632. The highest BCUT2D eigenvalue weighted by Gasteiger charge is 2.24. The van der Waals surface area contributed by atoms with Gasteiger partial charge in [-0.1, -0.05) is 19.8 Å². The highest BCUT2D eigenvalue weighted by atomic mass is 19.1. The number of nitrogens with zero attached hydrogens (tertiary/aromatic N) is 2. The second-order valence-electron chi connectivity index (χ2n) is 7.18. The number of hydrogen-bond acceptors (Lipinski definition) is 3. The Kier molecular flexibility index (Phi) is 5.72. The number of rotatable bonds is 4. The maximum Gasteiger partial charge on any atom is 0.234 e. The second kappa shape index (κ2) is 7.97. The van der Waals surface area contributed by atoms with E-state index in [1.807, 2.05) is 12.1 Å². The van der Waals surface area contributed by atoms with Gasteiger partial charge in [-0.05, 0) is 43.0 Å². The van der Waals surface area contributed by atoms with Crippen molar-refractivity contribution in [2.45, 2.75) is 38.6 Å². The number of anilines is 1. The van der Waals surface area contributed by atoms with Crippen LogP contribution in [-0.2, 0) is 4.79 Å². The summed E-state index contributed by atoms with van der Waals surface area (Å²) < 4.78 is 13.0. The summed E-state index contributed by atoms with van der Waals surface area (Å²) in [7, 11) is 0. The first-order valence-electron chi connectivity index (χ1n) is 9.14. The number of hydrogen-bond donors (Lipinski definition) is 1. The minimum Gasteiger partial charge on any atom is -0.369 e. The molecule has 0 aromatic heterocycles. The Labute approximate surface area is 144 Å². The number of nitrogens with one attached hydrogen (secondary N) is 1. The minimum atomic E-state index is -0.203. The van der Waals surface area contributed by atoms with Crippen molar-refractivity contribution in [3.63, 3.8) is 0 Å². The molecule has 1 saturated carbocycles. The summed E-state index contributed by atoms with van der Waals surface area (Å²) in [5.74, 6) is 0.549. The lowest BCUT2D eigenvalue weighted by molar-refractivity contribution is -0.123. The third-order valence-electron chi connectivity index (χ3n) is 5.39. The number of halogens is 1. The molecule has 1 aliphatic heterocycles. The quantitative estimate of drug-likeness (QED) is 0.920. The molecule has 1 aromatic carbocycles. The van der Waals surface area contributed by atoms with Gasteiger partial charge in [0.1, 0.15) is 5.82 Å². The Hall–Kier alpha value is -1.62. The molecule has 2 fully saturated rings. The van der Waals surface area contributed by atoms with Gasteiger partial charge in [-0.2, -0.15) is 0 Å². The maximum atomic E-state index is 13.0. The van der Waals surface area contributed by atoms with E-state index in [4.69, 9.17) is 0 Å². The molecule has 0 bridgehead atoms. The van der Waals surface area contributed by atoms with Gasteiger partial charge in [-0.3, -0.25) is 9.69 Å². The Morgan fingerprint density at radius 2 is 1.79 bits per heavy atom. The van der Waals surface area contributed by atoms with Crippen LogP contribution in [0.15, 0.2) is 24.3 Å². The van der Waals surface area contributed by atoms with E-state index in [1.165, 1.54) is 31.4 Å². The SMILES string of the molecule is C[C@@H]1CCCC[C@H]1NC(=O)CN1CCN(c2ccc(F)cc2)CC1. The molecule has 1 saturated heterocycles. The zero-order valence-corrected chi connectivity index (χ0v) is 14.5. The molecule has 2 atom stereocenters. The van der Waals surface area contributed by atoms with Gasteiger partial charge in [-0.25, -0.2) is 4.39 Å². The van der Waals surface area contributed by atoms with Gasteiger partial charge in [-0.15, -0.1) is 0 Å². The summed E-state index contributed by atoms with van der Waals surface area (Å²) in [6.45, 7) is 6.21. The second-order valence-corrected chi connectivity index (χ2v) is 7.18. The van der Waals surface area contributed by atoms with Crippen LogP contribution in [0.5, 0.6) is 0 Å². The van der Waals surface area contributed by atoms with E-state index >= 15 is 0 Å². The van der Waals surface area contributed by atoms with E-state index in [1.54, 1.807) is 0 Å². The lowest BCUT2D eigenvalue weighted by atomic mass is 9.86. The Morgan fingerprint density at radius 1 is 1.12 bits per heavy atom. The molecule has 3 rings (SSSR count). The summed E-state index contributed by atoms with van der Waals surface area (Å²) in [6.07, 6.45) is 4.86. The van der Waals surface area contributed by atoms with Gasteiger partial charge in [0.2, 0.25) is 5.91 Å². The number of carbonyl (C=O) groups excluding carboxylic acids is 1. The predicted molar refractivity (Wildman–Crippen MR) is 94.6 cm³/mol. The smallest absolute Gasteiger partial charge is 0.234 e. The lowest BCUT2D eigenvalue weighted by Crippen LogP contribution is -2.51. The minimum absolute atomic E-state index is 0.156. The molecule has 132 valence electrons. The van der Waals surface area contributed by atoms with Gasteiger partial charge in [0.05, 0.1) is 6.54 Å². The van der Waals surface area contributed by atoms with E-state index in [2.05, 4.69) is 22.0 Å². The lowest BCUT2D eigenvalue weighted by Gasteiger charge is -2.36. The fourth-order valence-electron chi connectivity index (χ4n) is 3.80. The van der Waals surface area contributed by atoms with Crippen LogP contribution in [0.4, 0.5) is 10.1 Å². The van der Waals surface area contributed by atoms with Crippen molar-refractivity contribution in [2.24, 2.45) is 5.92 Å². The van der Waals surface area contributed by atoms with Crippen molar-refractivity contribution in [1.29, 1.82) is 0 Å². The van der Waals surface area contributed by atoms with Crippen LogP contribution in [0.3, 0.4) is 0 Å². The topological polar surface area (TPSA) is 35.6 Å². The number of amides is 1. The van der Waals surface area contributed by atoms with E-state index in [9.17, 15) is 9.18 Å². The van der Waals surface area contributed by atoms with Crippen LogP contribution in [0.25, 0.3) is 0 Å². The summed E-state index contributed by atoms with van der Waals surface area (Å²) >= 11 is 0. The molecule has 1 aromatic rings. The molecule has 5 heteroatoms. The molecule has 1 heterocycles. The van der Waals surface area contributed by atoms with Crippen molar-refractivity contribution in [1.82, 2.24) is 10.2 Å². The summed E-state index contributed by atoms with van der Waals surface area (Å²) in [4.78, 5) is 16.8. The monoisotopic (exact) mass is 333 g/mol. The highest BCUT2D eigenvalue weighted by molar-refractivity contribution is 5.78. The van der Waals surface area contributed by atoms with E-state index in [0.717, 1.165) is 38.3 Å². The van der Waals surface area contributed by atoms with Crippen LogP contribution in [0.2, 0.25) is 0 Å². The van der Waals surface area contributed by atoms with Crippen molar-refractivity contribution in [2.75, 3.05) is 37.6 Å². The first-order valence-corrected chi connectivity index (χ1v) is 9.14. The molecule has 0 spiro atoms. The van der Waals surface area contributed by atoms with E-state index < -0.39 is 0 Å². The predicted octanol–water partition coefficient (Wildman–Crippen LogP) is 2.64. The first kappa shape index (κ1) is 17.2. The maximum absolute atomic E-state index is 13.0. The van der Waals surface area contributed by atoms with Gasteiger partial charge in [0, 0.05) is 37.9 Å². The molecule has 4 nitrogen and oxygen atoms in total. The van der Waals surface area contributed by atoms with Gasteiger partial charge >= 0.3 is 0 Å². The summed E-state index contributed by atoms with van der Waals surface area (Å²) in [5, 5.41) is 3.23. The Balaban J connectivity index is 1.43. The number of carbonyl (C=O) groups is 1. The third-order valence-corrected chi connectivity index (χ3v) is 5.39. The Bertz CT molecular complexity index is 540. The number of piperazine rings is 1. The zero-order chi connectivity index (χ0) is 16.9. The van der Waals surface area contributed by atoms with Crippen molar-refractivity contribution >= 4 is 11.6 Å². The summed E-state index contributed by atoms with van der Waals surface area (Å²) in [6, 6.07) is 7.00. The Morgan fingerprint density at radius 3 is 2.46 bits per heavy atom. The zero-order valence-electron chi connectivity index (χ0n) is 14.5. The van der Waals surface area contributed by atoms with Crippen molar-refractivity contribution < 1.29 is 9.18 Å². The molecule has 0 unspecified atom stereocenters.